The highest BCUT2D eigenvalue weighted by molar-refractivity contribution is 5.79. The highest BCUT2D eigenvalue weighted by Gasteiger charge is 2.09. The van der Waals surface area contributed by atoms with Crippen LogP contribution in [-0.2, 0) is 0 Å². The fraction of sp³-hybridized carbons (Fsp3) is 0.167. The van der Waals surface area contributed by atoms with E-state index in [9.17, 15) is 18.0 Å². The number of hydrogen-bond acceptors (Lipinski definition) is 1. The van der Waals surface area contributed by atoms with Crippen molar-refractivity contribution in [2.75, 3.05) is 0 Å². The quantitative estimate of drug-likeness (QED) is 0.536. The molecule has 1 nitrogen and oxygen atoms in total. The lowest BCUT2D eigenvalue weighted by Crippen LogP contribution is -1.93. The molecule has 0 fully saturated rings. The summed E-state index contributed by atoms with van der Waals surface area (Å²) in [5, 5.41) is 0. The Bertz CT molecular complexity index is 687. The van der Waals surface area contributed by atoms with Crippen molar-refractivity contribution in [3.05, 3.63) is 70.3 Å². The van der Waals surface area contributed by atoms with Gasteiger partial charge in [0.15, 0.2) is 0 Å². The van der Waals surface area contributed by atoms with Gasteiger partial charge in [-0.1, -0.05) is 19.1 Å². The molecule has 0 N–H and O–H groups in total. The van der Waals surface area contributed by atoms with E-state index in [1.807, 2.05) is 0 Å². The van der Waals surface area contributed by atoms with Crippen molar-refractivity contribution in [3.8, 4) is 0 Å². The third-order valence-corrected chi connectivity index (χ3v) is 3.21. The molecule has 0 amide bonds. The third kappa shape index (κ3) is 4.07. The summed E-state index contributed by atoms with van der Waals surface area (Å²) in [5.41, 5.74) is 1.72. The Morgan fingerprint density at radius 1 is 0.909 bits per heavy atom. The predicted octanol–water partition coefficient (Wildman–Crippen LogP) is 5.37. The summed E-state index contributed by atoms with van der Waals surface area (Å²) in [6.45, 7) is 1.71. The van der Waals surface area contributed by atoms with Gasteiger partial charge < -0.3 is 0 Å². The largest absolute Gasteiger partial charge is 0.298 e. The van der Waals surface area contributed by atoms with Gasteiger partial charge in [-0.15, -0.1) is 0 Å². The van der Waals surface area contributed by atoms with Gasteiger partial charge in [0, 0.05) is 11.6 Å². The number of hydrogen-bond donors (Lipinski definition) is 0. The zero-order chi connectivity index (χ0) is 16.1. The first kappa shape index (κ1) is 16.0. The number of rotatable bonds is 5. The highest BCUT2D eigenvalue weighted by Crippen LogP contribution is 2.24. The van der Waals surface area contributed by atoms with Crippen molar-refractivity contribution in [1.29, 1.82) is 0 Å². The summed E-state index contributed by atoms with van der Waals surface area (Å²) in [7, 11) is 0. The second-order valence-corrected chi connectivity index (χ2v) is 4.96. The van der Waals surface area contributed by atoms with Gasteiger partial charge in [-0.05, 0) is 53.4 Å². The lowest BCUT2D eigenvalue weighted by Gasteiger charge is -2.08. The maximum atomic E-state index is 13.8. The van der Waals surface area contributed by atoms with E-state index in [4.69, 9.17) is 0 Å². The molecule has 4 heteroatoms. The van der Waals surface area contributed by atoms with Crippen LogP contribution in [0.25, 0.3) is 12.2 Å². The van der Waals surface area contributed by atoms with Crippen LogP contribution < -0.4 is 0 Å². The average Bonchev–Trinajstić information content (AvgIpc) is 2.51. The van der Waals surface area contributed by atoms with Gasteiger partial charge >= 0.3 is 0 Å². The molecule has 2 aromatic carbocycles. The SMILES string of the molecule is CCC(F)c1cc(C=O)cc(/C=C/c2cc(F)cc(F)c2)c1. The van der Waals surface area contributed by atoms with E-state index >= 15 is 0 Å². The van der Waals surface area contributed by atoms with Crippen molar-refractivity contribution in [1.82, 2.24) is 0 Å². The molecular weight excluding hydrogens is 289 g/mol. The van der Waals surface area contributed by atoms with Gasteiger partial charge in [0.25, 0.3) is 0 Å². The van der Waals surface area contributed by atoms with E-state index in [1.165, 1.54) is 24.3 Å². The zero-order valence-corrected chi connectivity index (χ0v) is 12.0. The van der Waals surface area contributed by atoms with E-state index < -0.39 is 17.8 Å². The van der Waals surface area contributed by atoms with E-state index in [0.717, 1.165) is 6.07 Å². The highest BCUT2D eigenvalue weighted by atomic mass is 19.1. The normalized spacial score (nSPS) is 12.5. The molecule has 22 heavy (non-hydrogen) atoms. The first-order valence-corrected chi connectivity index (χ1v) is 6.90. The van der Waals surface area contributed by atoms with Crippen LogP contribution in [0.3, 0.4) is 0 Å². The van der Waals surface area contributed by atoms with Crippen molar-refractivity contribution in [3.63, 3.8) is 0 Å². The number of alkyl halides is 1. The van der Waals surface area contributed by atoms with Crippen LogP contribution in [0.2, 0.25) is 0 Å². The minimum absolute atomic E-state index is 0.306. The summed E-state index contributed by atoms with van der Waals surface area (Å²) < 4.78 is 40.0. The topological polar surface area (TPSA) is 17.1 Å². The molecule has 114 valence electrons. The first-order chi connectivity index (χ1) is 10.5. The van der Waals surface area contributed by atoms with Crippen LogP contribution in [0, 0.1) is 11.6 Å². The van der Waals surface area contributed by atoms with Crippen molar-refractivity contribution >= 4 is 18.4 Å². The molecule has 0 aliphatic rings. The van der Waals surface area contributed by atoms with Gasteiger partial charge in [0.2, 0.25) is 0 Å². The number of benzene rings is 2. The predicted molar refractivity (Wildman–Crippen MR) is 81.3 cm³/mol. The first-order valence-electron chi connectivity index (χ1n) is 6.90. The molecule has 0 saturated heterocycles. The minimum atomic E-state index is -1.15. The third-order valence-electron chi connectivity index (χ3n) is 3.21. The summed E-state index contributed by atoms with van der Waals surface area (Å²) in [5.74, 6) is -1.34. The smallest absolute Gasteiger partial charge is 0.150 e. The summed E-state index contributed by atoms with van der Waals surface area (Å²) in [6, 6.07) is 7.87. The van der Waals surface area contributed by atoms with Crippen LogP contribution in [0.5, 0.6) is 0 Å². The Labute approximate surface area is 127 Å². The fourth-order valence-electron chi connectivity index (χ4n) is 2.15. The Balaban J connectivity index is 2.35. The maximum absolute atomic E-state index is 13.8. The summed E-state index contributed by atoms with van der Waals surface area (Å²) >= 11 is 0. The molecule has 0 radical (unpaired) electrons. The monoisotopic (exact) mass is 304 g/mol. The Morgan fingerprint density at radius 2 is 1.45 bits per heavy atom. The molecule has 1 atom stereocenters. The molecule has 2 rings (SSSR count). The Kier molecular flexibility index (Phi) is 5.15. The number of carbonyl (C=O) groups is 1. The Morgan fingerprint density at radius 3 is 2.00 bits per heavy atom. The molecule has 1 unspecified atom stereocenters. The molecule has 0 spiro atoms. The van der Waals surface area contributed by atoms with Crippen LogP contribution in [-0.4, -0.2) is 6.29 Å². The number of aldehydes is 1. The van der Waals surface area contributed by atoms with Gasteiger partial charge in [0.05, 0.1) is 0 Å². The van der Waals surface area contributed by atoms with E-state index in [2.05, 4.69) is 0 Å². The van der Waals surface area contributed by atoms with Gasteiger partial charge in [-0.25, -0.2) is 13.2 Å². The molecule has 0 bridgehead atoms. The van der Waals surface area contributed by atoms with E-state index in [0.29, 0.717) is 35.0 Å². The zero-order valence-electron chi connectivity index (χ0n) is 12.0. The molecule has 0 aliphatic carbocycles. The number of carbonyl (C=O) groups excluding carboxylic acids is 1. The van der Waals surface area contributed by atoms with Crippen LogP contribution in [0.4, 0.5) is 13.2 Å². The van der Waals surface area contributed by atoms with Gasteiger partial charge in [-0.3, -0.25) is 4.79 Å². The Hall–Kier alpha value is -2.36. The molecule has 0 aliphatic heterocycles. The fourth-order valence-corrected chi connectivity index (χ4v) is 2.15. The van der Waals surface area contributed by atoms with Gasteiger partial charge in [-0.2, -0.15) is 0 Å². The van der Waals surface area contributed by atoms with Crippen molar-refractivity contribution < 1.29 is 18.0 Å². The van der Waals surface area contributed by atoms with Crippen molar-refractivity contribution in [2.45, 2.75) is 19.5 Å². The molecular formula is C18H15F3O. The summed E-state index contributed by atoms with van der Waals surface area (Å²) in [4.78, 5) is 10.9. The number of halogens is 3. The molecule has 0 heterocycles. The standard InChI is InChI=1S/C18H15F3O/c1-2-18(21)15-6-12(5-14(7-15)11-22)3-4-13-8-16(19)10-17(20)9-13/h3-11,18H,2H2,1H3/b4-3+. The maximum Gasteiger partial charge on any atom is 0.150 e. The lowest BCUT2D eigenvalue weighted by molar-refractivity contribution is 0.112. The average molecular weight is 304 g/mol. The molecule has 2 aromatic rings. The lowest BCUT2D eigenvalue weighted by atomic mass is 10.0. The summed E-state index contributed by atoms with van der Waals surface area (Å²) in [6.07, 6.45) is 2.90. The van der Waals surface area contributed by atoms with E-state index in [-0.39, 0.29) is 0 Å². The van der Waals surface area contributed by atoms with Crippen LogP contribution >= 0.6 is 0 Å². The van der Waals surface area contributed by atoms with Crippen LogP contribution in [0.1, 0.15) is 46.6 Å². The molecule has 0 aromatic heterocycles. The van der Waals surface area contributed by atoms with Crippen LogP contribution in [0.15, 0.2) is 36.4 Å². The second-order valence-electron chi connectivity index (χ2n) is 4.96. The van der Waals surface area contributed by atoms with Crippen molar-refractivity contribution in [2.24, 2.45) is 0 Å². The molecule has 0 saturated carbocycles. The second kappa shape index (κ2) is 7.07. The van der Waals surface area contributed by atoms with E-state index in [1.54, 1.807) is 25.1 Å². The minimum Gasteiger partial charge on any atom is -0.298 e. The van der Waals surface area contributed by atoms with Gasteiger partial charge in [0.1, 0.15) is 24.1 Å².